The van der Waals surface area contributed by atoms with Crippen LogP contribution in [0.1, 0.15) is 57.9 Å². The number of aromatic nitrogens is 3. The molecule has 1 N–H and O–H groups in total. The summed E-state index contributed by atoms with van der Waals surface area (Å²) < 4.78 is 2.19. The second-order valence-electron chi connectivity index (χ2n) is 7.14. The van der Waals surface area contributed by atoms with Gasteiger partial charge >= 0.3 is 0 Å². The summed E-state index contributed by atoms with van der Waals surface area (Å²) in [5, 5.41) is 0.684. The van der Waals surface area contributed by atoms with Gasteiger partial charge in [-0.3, -0.25) is 9.59 Å². The lowest BCUT2D eigenvalue weighted by Gasteiger charge is -2.13. The first-order valence-electron chi connectivity index (χ1n) is 8.99. The number of nitrogens with one attached hydrogen (secondary N) is 1. The molecule has 0 aliphatic heterocycles. The van der Waals surface area contributed by atoms with Crippen LogP contribution in [0.15, 0.2) is 10.9 Å². The number of nitrogens with zero attached hydrogens (tertiary/aromatic N) is 2. The number of hydrogen-bond donors (Lipinski definition) is 1. The van der Waals surface area contributed by atoms with E-state index in [1.165, 1.54) is 11.8 Å². The molecule has 0 amide bonds. The Balaban J connectivity index is 1.72. The second kappa shape index (κ2) is 7.64. The molecule has 0 spiro atoms. The van der Waals surface area contributed by atoms with Crippen LogP contribution in [0.4, 0.5) is 0 Å². The van der Waals surface area contributed by atoms with Crippen molar-refractivity contribution in [2.75, 3.05) is 5.75 Å². The zero-order valence-corrected chi connectivity index (χ0v) is 18.2. The molecule has 0 bridgehead atoms. The SMILES string of the molecule is Cc1sc2nc(CSCC(=O)c3cc(C)n(C(C)C)c3C)[nH]c(=O)c2c1C. The third kappa shape index (κ3) is 3.75. The molecule has 0 aromatic carbocycles. The maximum atomic E-state index is 12.6. The van der Waals surface area contributed by atoms with Gasteiger partial charge in [-0.05, 0) is 53.2 Å². The molecule has 0 fully saturated rings. The van der Waals surface area contributed by atoms with Crippen molar-refractivity contribution in [3.05, 3.63) is 49.6 Å². The number of carbonyl (C=O) groups is 1. The van der Waals surface area contributed by atoms with Crippen LogP contribution in [0.3, 0.4) is 0 Å². The topological polar surface area (TPSA) is 67.8 Å². The molecule has 0 aliphatic rings. The van der Waals surface area contributed by atoms with E-state index in [0.29, 0.717) is 28.8 Å². The Bertz CT molecular complexity index is 1070. The maximum Gasteiger partial charge on any atom is 0.259 e. The molecular formula is C20H25N3O2S2. The van der Waals surface area contributed by atoms with Crippen LogP contribution in [-0.2, 0) is 5.75 Å². The molecule has 7 heteroatoms. The fourth-order valence-corrected chi connectivity index (χ4v) is 5.36. The summed E-state index contributed by atoms with van der Waals surface area (Å²) in [5.41, 5.74) is 3.82. The number of rotatable bonds is 6. The van der Waals surface area contributed by atoms with Gasteiger partial charge in [0.15, 0.2) is 5.78 Å². The molecule has 3 aromatic rings. The summed E-state index contributed by atoms with van der Waals surface area (Å²) in [7, 11) is 0. The monoisotopic (exact) mass is 403 g/mol. The van der Waals surface area contributed by atoms with Crippen molar-refractivity contribution in [1.82, 2.24) is 14.5 Å². The molecule has 0 atom stereocenters. The van der Waals surface area contributed by atoms with Gasteiger partial charge in [0.1, 0.15) is 10.7 Å². The quantitative estimate of drug-likeness (QED) is 0.605. The summed E-state index contributed by atoms with van der Waals surface area (Å²) in [6.45, 7) is 12.2. The van der Waals surface area contributed by atoms with E-state index in [1.54, 1.807) is 11.3 Å². The highest BCUT2D eigenvalue weighted by Gasteiger charge is 2.17. The minimum absolute atomic E-state index is 0.0933. The summed E-state index contributed by atoms with van der Waals surface area (Å²) in [5.74, 6) is 1.62. The minimum Gasteiger partial charge on any atom is -0.346 e. The van der Waals surface area contributed by atoms with Gasteiger partial charge < -0.3 is 9.55 Å². The predicted octanol–water partition coefficient (Wildman–Crippen LogP) is 4.72. The Hall–Kier alpha value is -1.86. The van der Waals surface area contributed by atoms with Crippen LogP contribution >= 0.6 is 23.1 Å². The Morgan fingerprint density at radius 3 is 2.63 bits per heavy atom. The largest absolute Gasteiger partial charge is 0.346 e. The molecule has 3 aromatic heterocycles. The number of ketones is 1. The molecule has 3 heterocycles. The standard InChI is InChI=1S/C20H25N3O2S2/c1-10(2)23-11(3)7-15(13(23)5)16(24)8-26-9-17-21-19(25)18-12(4)14(6)27-20(18)22-17/h7,10H,8-9H2,1-6H3,(H,21,22,25). The van der Waals surface area contributed by atoms with E-state index in [4.69, 9.17) is 0 Å². The summed E-state index contributed by atoms with van der Waals surface area (Å²) in [4.78, 5) is 34.3. The van der Waals surface area contributed by atoms with E-state index >= 15 is 0 Å². The number of aromatic amines is 1. The van der Waals surface area contributed by atoms with Crippen LogP contribution in [0.5, 0.6) is 0 Å². The smallest absolute Gasteiger partial charge is 0.259 e. The first-order chi connectivity index (χ1) is 12.7. The minimum atomic E-state index is -0.0933. The highest BCUT2D eigenvalue weighted by molar-refractivity contribution is 7.99. The van der Waals surface area contributed by atoms with Crippen molar-refractivity contribution in [2.24, 2.45) is 0 Å². The van der Waals surface area contributed by atoms with Crippen molar-refractivity contribution < 1.29 is 4.79 Å². The molecule has 0 saturated heterocycles. The van der Waals surface area contributed by atoms with Crippen molar-refractivity contribution >= 4 is 39.1 Å². The molecular weight excluding hydrogens is 378 g/mol. The molecule has 5 nitrogen and oxygen atoms in total. The number of aryl methyl sites for hydroxylation is 3. The zero-order chi connectivity index (χ0) is 19.9. The average molecular weight is 404 g/mol. The van der Waals surface area contributed by atoms with Crippen molar-refractivity contribution in [2.45, 2.75) is 53.3 Å². The Labute approximate surface area is 167 Å². The van der Waals surface area contributed by atoms with Crippen molar-refractivity contribution in [3.63, 3.8) is 0 Å². The number of Topliss-reactive ketones (excluding diaryl/α,β-unsaturated/α-hetero) is 1. The van der Waals surface area contributed by atoms with E-state index < -0.39 is 0 Å². The number of carbonyl (C=O) groups excluding carboxylic acids is 1. The molecule has 0 radical (unpaired) electrons. The molecule has 0 unspecified atom stereocenters. The van der Waals surface area contributed by atoms with Gasteiger partial charge in [0, 0.05) is 27.9 Å². The van der Waals surface area contributed by atoms with Crippen molar-refractivity contribution in [1.29, 1.82) is 0 Å². The van der Waals surface area contributed by atoms with Gasteiger partial charge in [-0.25, -0.2) is 4.98 Å². The first-order valence-corrected chi connectivity index (χ1v) is 11.0. The predicted molar refractivity (Wildman–Crippen MR) is 114 cm³/mol. The van der Waals surface area contributed by atoms with E-state index in [9.17, 15) is 9.59 Å². The summed E-state index contributed by atoms with van der Waals surface area (Å²) >= 11 is 3.03. The van der Waals surface area contributed by atoms with Gasteiger partial charge in [0.05, 0.1) is 16.9 Å². The summed E-state index contributed by atoms with van der Waals surface area (Å²) in [6, 6.07) is 2.31. The summed E-state index contributed by atoms with van der Waals surface area (Å²) in [6.07, 6.45) is 0. The van der Waals surface area contributed by atoms with Gasteiger partial charge in [-0.1, -0.05) is 0 Å². The molecule has 3 rings (SSSR count). The highest BCUT2D eigenvalue weighted by Crippen LogP contribution is 2.26. The molecule has 144 valence electrons. The third-order valence-electron chi connectivity index (χ3n) is 4.86. The van der Waals surface area contributed by atoms with Gasteiger partial charge in [0.25, 0.3) is 5.56 Å². The second-order valence-corrected chi connectivity index (χ2v) is 9.33. The maximum absolute atomic E-state index is 12.6. The van der Waals surface area contributed by atoms with E-state index in [-0.39, 0.29) is 11.3 Å². The van der Waals surface area contributed by atoms with Crippen LogP contribution in [-0.4, -0.2) is 26.1 Å². The Morgan fingerprint density at radius 2 is 2.00 bits per heavy atom. The van der Waals surface area contributed by atoms with Gasteiger partial charge in [0.2, 0.25) is 0 Å². The zero-order valence-electron chi connectivity index (χ0n) is 16.6. The fourth-order valence-electron chi connectivity index (χ4n) is 3.54. The fraction of sp³-hybridized carbons (Fsp3) is 0.450. The lowest BCUT2D eigenvalue weighted by Crippen LogP contribution is -2.12. The van der Waals surface area contributed by atoms with Crippen LogP contribution in [0, 0.1) is 27.7 Å². The van der Waals surface area contributed by atoms with Gasteiger partial charge in [-0.15, -0.1) is 23.1 Å². The van der Waals surface area contributed by atoms with Crippen LogP contribution < -0.4 is 5.56 Å². The van der Waals surface area contributed by atoms with E-state index in [2.05, 4.69) is 28.4 Å². The van der Waals surface area contributed by atoms with E-state index in [1.807, 2.05) is 33.8 Å². The van der Waals surface area contributed by atoms with Crippen molar-refractivity contribution in [3.8, 4) is 0 Å². The number of fused-ring (bicyclic) bond motifs is 1. The first kappa shape index (κ1) is 19.9. The number of hydrogen-bond acceptors (Lipinski definition) is 5. The lowest BCUT2D eigenvalue weighted by molar-refractivity contribution is 0.102. The normalized spacial score (nSPS) is 11.7. The van der Waals surface area contributed by atoms with Gasteiger partial charge in [-0.2, -0.15) is 0 Å². The van der Waals surface area contributed by atoms with Crippen LogP contribution in [0.25, 0.3) is 10.2 Å². The van der Waals surface area contributed by atoms with E-state index in [0.717, 1.165) is 32.2 Å². The number of thiophene rings is 1. The number of H-pyrrole nitrogens is 1. The molecule has 0 aliphatic carbocycles. The van der Waals surface area contributed by atoms with Crippen LogP contribution in [0.2, 0.25) is 0 Å². The number of thioether (sulfide) groups is 1. The third-order valence-corrected chi connectivity index (χ3v) is 6.91. The molecule has 27 heavy (non-hydrogen) atoms. The lowest BCUT2D eigenvalue weighted by atomic mass is 10.2. The Kier molecular flexibility index (Phi) is 5.63. The molecule has 0 saturated carbocycles. The highest BCUT2D eigenvalue weighted by atomic mass is 32.2. The Morgan fingerprint density at radius 1 is 1.30 bits per heavy atom. The average Bonchev–Trinajstić information content (AvgIpc) is 3.03.